The lowest BCUT2D eigenvalue weighted by Gasteiger charge is -2.10. The van der Waals surface area contributed by atoms with Crippen LogP contribution in [0.4, 0.5) is 4.79 Å². The first kappa shape index (κ1) is 12.9. The number of urea groups is 1. The van der Waals surface area contributed by atoms with E-state index in [1.807, 2.05) is 11.4 Å². The highest BCUT2D eigenvalue weighted by atomic mass is 35.5. The van der Waals surface area contributed by atoms with Gasteiger partial charge in [-0.3, -0.25) is 10.1 Å². The van der Waals surface area contributed by atoms with Crippen molar-refractivity contribution in [3.63, 3.8) is 0 Å². The average Bonchev–Trinajstić information content (AvgIpc) is 2.20. The summed E-state index contributed by atoms with van der Waals surface area (Å²) in [7, 11) is 0. The maximum absolute atomic E-state index is 11.4. The van der Waals surface area contributed by atoms with Crippen molar-refractivity contribution in [2.75, 3.05) is 0 Å². The van der Waals surface area contributed by atoms with E-state index in [0.29, 0.717) is 5.02 Å². The molecule has 3 amide bonds. The van der Waals surface area contributed by atoms with Gasteiger partial charge >= 0.3 is 6.03 Å². The number of thioether (sulfide) groups is 1. The van der Waals surface area contributed by atoms with Crippen LogP contribution in [-0.4, -0.2) is 17.2 Å². The molecule has 1 aromatic carbocycles. The van der Waals surface area contributed by atoms with Crippen LogP contribution in [0.1, 0.15) is 6.92 Å². The van der Waals surface area contributed by atoms with Crippen molar-refractivity contribution in [1.29, 1.82) is 0 Å². The van der Waals surface area contributed by atoms with Crippen molar-refractivity contribution in [3.05, 3.63) is 29.3 Å². The second-order valence-electron chi connectivity index (χ2n) is 3.04. The molecule has 4 nitrogen and oxygen atoms in total. The first-order valence-electron chi connectivity index (χ1n) is 4.52. The topological polar surface area (TPSA) is 72.2 Å². The molecule has 0 bridgehead atoms. The highest BCUT2D eigenvalue weighted by Gasteiger charge is 2.16. The van der Waals surface area contributed by atoms with Crippen LogP contribution in [0.5, 0.6) is 0 Å². The number of nitrogens with one attached hydrogen (secondary N) is 1. The highest BCUT2D eigenvalue weighted by molar-refractivity contribution is 8.00. The van der Waals surface area contributed by atoms with Gasteiger partial charge in [0.15, 0.2) is 0 Å². The van der Waals surface area contributed by atoms with Gasteiger partial charge in [0.2, 0.25) is 5.91 Å². The normalized spacial score (nSPS) is 11.9. The predicted molar refractivity (Wildman–Crippen MR) is 64.5 cm³/mol. The Morgan fingerprint density at radius 3 is 2.62 bits per heavy atom. The van der Waals surface area contributed by atoms with Crippen molar-refractivity contribution in [2.45, 2.75) is 17.1 Å². The number of amides is 3. The van der Waals surface area contributed by atoms with Gasteiger partial charge in [0.25, 0.3) is 0 Å². The number of halogens is 1. The van der Waals surface area contributed by atoms with E-state index in [4.69, 9.17) is 17.3 Å². The third-order valence-electron chi connectivity index (χ3n) is 1.76. The third kappa shape index (κ3) is 3.75. The SMILES string of the molecule is CC(Sc1ccccc1Cl)C(=O)NC(N)=O. The molecule has 0 radical (unpaired) electrons. The van der Waals surface area contributed by atoms with Crippen LogP contribution in [-0.2, 0) is 4.79 Å². The van der Waals surface area contributed by atoms with E-state index < -0.39 is 17.2 Å². The monoisotopic (exact) mass is 258 g/mol. The molecule has 3 N–H and O–H groups in total. The minimum atomic E-state index is -0.850. The van der Waals surface area contributed by atoms with Gasteiger partial charge in [-0.1, -0.05) is 23.7 Å². The predicted octanol–water partition coefficient (Wildman–Crippen LogP) is 2.02. The Morgan fingerprint density at radius 1 is 1.44 bits per heavy atom. The molecule has 1 atom stereocenters. The Kier molecular flexibility index (Phi) is 4.64. The number of carbonyl (C=O) groups excluding carboxylic acids is 2. The first-order chi connectivity index (χ1) is 7.50. The van der Waals surface area contributed by atoms with E-state index in [2.05, 4.69) is 0 Å². The molecule has 0 saturated carbocycles. The number of rotatable bonds is 3. The Balaban J connectivity index is 2.64. The Bertz CT molecular complexity index is 412. The fourth-order valence-corrected chi connectivity index (χ4v) is 2.16. The van der Waals surface area contributed by atoms with Crippen LogP contribution in [0.3, 0.4) is 0 Å². The zero-order valence-corrected chi connectivity index (χ0v) is 10.1. The second kappa shape index (κ2) is 5.77. The second-order valence-corrected chi connectivity index (χ2v) is 4.83. The maximum atomic E-state index is 11.4. The number of carbonyl (C=O) groups is 2. The zero-order chi connectivity index (χ0) is 12.1. The highest BCUT2D eigenvalue weighted by Crippen LogP contribution is 2.29. The van der Waals surface area contributed by atoms with Gasteiger partial charge < -0.3 is 5.73 Å². The molecular weight excluding hydrogens is 248 g/mol. The summed E-state index contributed by atoms with van der Waals surface area (Å²) in [5.41, 5.74) is 4.85. The van der Waals surface area contributed by atoms with Crippen molar-refractivity contribution >= 4 is 35.3 Å². The molecule has 1 unspecified atom stereocenters. The fraction of sp³-hybridized carbons (Fsp3) is 0.200. The molecule has 16 heavy (non-hydrogen) atoms. The number of imide groups is 1. The standard InChI is InChI=1S/C10H11ClN2O2S/c1-6(9(14)13-10(12)15)16-8-5-3-2-4-7(8)11/h2-6H,1H3,(H3,12,13,14,15). The maximum Gasteiger partial charge on any atom is 0.318 e. The zero-order valence-electron chi connectivity index (χ0n) is 8.57. The molecule has 0 heterocycles. The summed E-state index contributed by atoms with van der Waals surface area (Å²) >= 11 is 7.20. The fourth-order valence-electron chi connectivity index (χ4n) is 1.01. The lowest BCUT2D eigenvalue weighted by atomic mass is 10.4. The van der Waals surface area contributed by atoms with Crippen LogP contribution < -0.4 is 11.1 Å². The van der Waals surface area contributed by atoms with E-state index in [-0.39, 0.29) is 0 Å². The first-order valence-corrected chi connectivity index (χ1v) is 5.78. The van der Waals surface area contributed by atoms with E-state index >= 15 is 0 Å². The van der Waals surface area contributed by atoms with Gasteiger partial charge in [0.1, 0.15) is 0 Å². The third-order valence-corrected chi connectivity index (χ3v) is 3.38. The van der Waals surface area contributed by atoms with Gasteiger partial charge in [-0.25, -0.2) is 4.79 Å². The summed E-state index contributed by atoms with van der Waals surface area (Å²) in [5.74, 6) is -0.433. The average molecular weight is 259 g/mol. The molecule has 1 aromatic rings. The number of hydrogen-bond acceptors (Lipinski definition) is 3. The lowest BCUT2D eigenvalue weighted by molar-refractivity contribution is -0.119. The summed E-state index contributed by atoms with van der Waals surface area (Å²) in [5, 5.41) is 2.16. The van der Waals surface area contributed by atoms with Gasteiger partial charge in [-0.05, 0) is 19.1 Å². The van der Waals surface area contributed by atoms with E-state index in [1.165, 1.54) is 11.8 Å². The Hall–Kier alpha value is -1.20. The summed E-state index contributed by atoms with van der Waals surface area (Å²) in [6.07, 6.45) is 0. The van der Waals surface area contributed by atoms with Gasteiger partial charge in [-0.15, -0.1) is 11.8 Å². The van der Waals surface area contributed by atoms with Crippen molar-refractivity contribution in [1.82, 2.24) is 5.32 Å². The number of benzene rings is 1. The van der Waals surface area contributed by atoms with Crippen LogP contribution in [0.25, 0.3) is 0 Å². The van der Waals surface area contributed by atoms with E-state index in [1.54, 1.807) is 25.1 Å². The lowest BCUT2D eigenvalue weighted by Crippen LogP contribution is -2.39. The van der Waals surface area contributed by atoms with E-state index in [9.17, 15) is 9.59 Å². The van der Waals surface area contributed by atoms with Crippen LogP contribution in [0.15, 0.2) is 29.2 Å². The van der Waals surface area contributed by atoms with Crippen molar-refractivity contribution in [3.8, 4) is 0 Å². The minimum Gasteiger partial charge on any atom is -0.351 e. The molecule has 0 saturated heterocycles. The molecule has 0 aliphatic rings. The number of nitrogens with two attached hydrogens (primary N) is 1. The van der Waals surface area contributed by atoms with Crippen LogP contribution >= 0.6 is 23.4 Å². The van der Waals surface area contributed by atoms with Gasteiger partial charge in [0.05, 0.1) is 10.3 Å². The largest absolute Gasteiger partial charge is 0.351 e. The summed E-state index contributed by atoms with van der Waals surface area (Å²) in [6.45, 7) is 1.67. The molecule has 86 valence electrons. The molecule has 0 aliphatic carbocycles. The minimum absolute atomic E-state index is 0.433. The number of primary amides is 1. The summed E-state index contributed by atoms with van der Waals surface area (Å²) < 4.78 is 0. The molecule has 0 aliphatic heterocycles. The molecule has 6 heteroatoms. The van der Waals surface area contributed by atoms with Crippen molar-refractivity contribution in [2.24, 2.45) is 5.73 Å². The van der Waals surface area contributed by atoms with Crippen LogP contribution in [0, 0.1) is 0 Å². The van der Waals surface area contributed by atoms with Crippen molar-refractivity contribution < 1.29 is 9.59 Å². The molecule has 0 spiro atoms. The molecule has 0 aromatic heterocycles. The van der Waals surface area contributed by atoms with E-state index in [0.717, 1.165) is 4.90 Å². The smallest absolute Gasteiger partial charge is 0.318 e. The molecular formula is C10H11ClN2O2S. The summed E-state index contributed by atoms with van der Waals surface area (Å²) in [6, 6.07) is 6.33. The van der Waals surface area contributed by atoms with Crippen LogP contribution in [0.2, 0.25) is 5.02 Å². The number of hydrogen-bond donors (Lipinski definition) is 2. The Morgan fingerprint density at radius 2 is 2.06 bits per heavy atom. The molecule has 1 rings (SSSR count). The summed E-state index contributed by atoms with van der Waals surface area (Å²) in [4.78, 5) is 22.7. The molecule has 0 fully saturated rings. The van der Waals surface area contributed by atoms with Gasteiger partial charge in [-0.2, -0.15) is 0 Å². The quantitative estimate of drug-likeness (QED) is 0.815. The Labute approximate surface area is 103 Å². The van der Waals surface area contributed by atoms with Gasteiger partial charge in [0, 0.05) is 4.90 Å².